The van der Waals surface area contributed by atoms with E-state index in [9.17, 15) is 0 Å². The number of aliphatic imine (C=N–C) groups is 1. The lowest BCUT2D eigenvalue weighted by molar-refractivity contribution is 0.222. The number of halogens is 1. The summed E-state index contributed by atoms with van der Waals surface area (Å²) in [5.74, 6) is 2.41. The van der Waals surface area contributed by atoms with E-state index in [1.54, 1.807) is 6.26 Å². The Hall–Kier alpha value is -1.95. The van der Waals surface area contributed by atoms with Gasteiger partial charge in [0, 0.05) is 6.54 Å². The van der Waals surface area contributed by atoms with E-state index < -0.39 is 0 Å². The summed E-state index contributed by atoms with van der Waals surface area (Å²) < 4.78 is 12.1. The SMILES string of the molecule is CCNC(=NCc1ccco1)NCC(C)Oc1ccccc1Br. The van der Waals surface area contributed by atoms with Gasteiger partial charge >= 0.3 is 0 Å². The minimum absolute atomic E-state index is 0.00108. The molecule has 0 saturated heterocycles. The second-order valence-corrected chi connectivity index (χ2v) is 5.87. The summed E-state index contributed by atoms with van der Waals surface area (Å²) in [5, 5.41) is 6.49. The first kappa shape index (κ1) is 17.4. The molecule has 1 heterocycles. The fourth-order valence-electron chi connectivity index (χ4n) is 1.94. The fraction of sp³-hybridized carbons (Fsp3) is 0.353. The zero-order chi connectivity index (χ0) is 16.5. The van der Waals surface area contributed by atoms with E-state index in [1.807, 2.05) is 50.2 Å². The van der Waals surface area contributed by atoms with Crippen molar-refractivity contribution in [2.75, 3.05) is 13.1 Å². The van der Waals surface area contributed by atoms with Gasteiger partial charge in [0.25, 0.3) is 0 Å². The standard InChI is InChI=1S/C17H22BrN3O2/c1-3-19-17(21-12-14-7-6-10-22-14)20-11-13(2)23-16-9-5-4-8-15(16)18/h4-10,13H,3,11-12H2,1-2H3,(H2,19,20,21). The average molecular weight is 380 g/mol. The average Bonchev–Trinajstić information content (AvgIpc) is 3.06. The Bertz CT molecular complexity index is 614. The third kappa shape index (κ3) is 5.98. The van der Waals surface area contributed by atoms with Crippen LogP contribution in [0.15, 0.2) is 56.5 Å². The van der Waals surface area contributed by atoms with E-state index in [0.717, 1.165) is 28.5 Å². The molecule has 0 fully saturated rings. The summed E-state index contributed by atoms with van der Waals surface area (Å²) in [5.41, 5.74) is 0. The van der Waals surface area contributed by atoms with Crippen LogP contribution in [0.3, 0.4) is 0 Å². The van der Waals surface area contributed by atoms with Gasteiger partial charge in [0.1, 0.15) is 24.2 Å². The molecule has 1 aromatic heterocycles. The van der Waals surface area contributed by atoms with Crippen molar-refractivity contribution < 1.29 is 9.15 Å². The number of hydrogen-bond acceptors (Lipinski definition) is 3. The Morgan fingerprint density at radius 3 is 2.78 bits per heavy atom. The summed E-state index contributed by atoms with van der Waals surface area (Å²) in [6.45, 7) is 5.99. The number of para-hydroxylation sites is 1. The molecule has 23 heavy (non-hydrogen) atoms. The minimum Gasteiger partial charge on any atom is -0.488 e. The molecular formula is C17H22BrN3O2. The van der Waals surface area contributed by atoms with Crippen molar-refractivity contribution >= 4 is 21.9 Å². The molecule has 0 bridgehead atoms. The van der Waals surface area contributed by atoms with E-state index in [1.165, 1.54) is 0 Å². The van der Waals surface area contributed by atoms with Crippen molar-refractivity contribution in [2.24, 2.45) is 4.99 Å². The van der Waals surface area contributed by atoms with Gasteiger partial charge in [0.2, 0.25) is 0 Å². The highest BCUT2D eigenvalue weighted by Gasteiger charge is 2.08. The van der Waals surface area contributed by atoms with Gasteiger partial charge in [0.15, 0.2) is 5.96 Å². The topological polar surface area (TPSA) is 58.8 Å². The molecule has 1 unspecified atom stereocenters. The first-order chi connectivity index (χ1) is 11.2. The first-order valence-corrected chi connectivity index (χ1v) is 8.44. The Balaban J connectivity index is 1.85. The largest absolute Gasteiger partial charge is 0.488 e. The van der Waals surface area contributed by atoms with Crippen LogP contribution in [0.1, 0.15) is 19.6 Å². The lowest BCUT2D eigenvalue weighted by Gasteiger charge is -2.18. The van der Waals surface area contributed by atoms with Crippen LogP contribution < -0.4 is 15.4 Å². The van der Waals surface area contributed by atoms with E-state index in [0.29, 0.717) is 13.1 Å². The predicted octanol–water partition coefficient (Wildman–Crippen LogP) is 3.56. The van der Waals surface area contributed by atoms with Crippen molar-refractivity contribution in [2.45, 2.75) is 26.5 Å². The molecule has 0 saturated carbocycles. The number of ether oxygens (including phenoxy) is 1. The molecule has 2 N–H and O–H groups in total. The fourth-order valence-corrected chi connectivity index (χ4v) is 2.32. The number of nitrogens with zero attached hydrogens (tertiary/aromatic N) is 1. The predicted molar refractivity (Wildman–Crippen MR) is 95.8 cm³/mol. The van der Waals surface area contributed by atoms with Crippen molar-refractivity contribution in [3.63, 3.8) is 0 Å². The number of nitrogens with one attached hydrogen (secondary N) is 2. The van der Waals surface area contributed by atoms with E-state index in [-0.39, 0.29) is 6.10 Å². The number of guanidine groups is 1. The number of furan rings is 1. The van der Waals surface area contributed by atoms with Gasteiger partial charge < -0.3 is 19.8 Å². The molecule has 5 nitrogen and oxygen atoms in total. The molecular weight excluding hydrogens is 358 g/mol. The molecule has 0 aliphatic rings. The second kappa shape index (κ2) is 9.25. The van der Waals surface area contributed by atoms with Crippen molar-refractivity contribution in [3.05, 3.63) is 52.9 Å². The molecule has 0 radical (unpaired) electrons. The highest BCUT2D eigenvalue weighted by molar-refractivity contribution is 9.10. The van der Waals surface area contributed by atoms with Gasteiger partial charge in [-0.3, -0.25) is 0 Å². The zero-order valence-electron chi connectivity index (χ0n) is 13.4. The Morgan fingerprint density at radius 1 is 1.26 bits per heavy atom. The normalized spacial score (nSPS) is 12.7. The first-order valence-electron chi connectivity index (χ1n) is 7.64. The van der Waals surface area contributed by atoms with Crippen LogP contribution in [0.2, 0.25) is 0 Å². The van der Waals surface area contributed by atoms with Crippen LogP contribution >= 0.6 is 15.9 Å². The number of benzene rings is 1. The Morgan fingerprint density at radius 2 is 2.09 bits per heavy atom. The van der Waals surface area contributed by atoms with Crippen molar-refractivity contribution in [1.82, 2.24) is 10.6 Å². The van der Waals surface area contributed by atoms with E-state index >= 15 is 0 Å². The maximum absolute atomic E-state index is 5.91. The van der Waals surface area contributed by atoms with Gasteiger partial charge in [-0.25, -0.2) is 4.99 Å². The lowest BCUT2D eigenvalue weighted by Crippen LogP contribution is -2.41. The third-order valence-corrected chi connectivity index (χ3v) is 3.69. The van der Waals surface area contributed by atoms with Gasteiger partial charge in [-0.2, -0.15) is 0 Å². The smallest absolute Gasteiger partial charge is 0.191 e. The minimum atomic E-state index is 0.00108. The number of rotatable bonds is 7. The summed E-state index contributed by atoms with van der Waals surface area (Å²) >= 11 is 3.48. The number of hydrogen-bond donors (Lipinski definition) is 2. The maximum Gasteiger partial charge on any atom is 0.191 e. The monoisotopic (exact) mass is 379 g/mol. The lowest BCUT2D eigenvalue weighted by atomic mass is 10.3. The summed E-state index contributed by atoms with van der Waals surface area (Å²) in [4.78, 5) is 4.49. The van der Waals surface area contributed by atoms with Crippen LogP contribution in [-0.4, -0.2) is 25.2 Å². The molecule has 6 heteroatoms. The van der Waals surface area contributed by atoms with Crippen LogP contribution in [-0.2, 0) is 6.54 Å². The highest BCUT2D eigenvalue weighted by atomic mass is 79.9. The van der Waals surface area contributed by atoms with E-state index in [4.69, 9.17) is 9.15 Å². The van der Waals surface area contributed by atoms with Gasteiger partial charge in [-0.05, 0) is 54.0 Å². The molecule has 0 aliphatic carbocycles. The second-order valence-electron chi connectivity index (χ2n) is 5.01. The Kier molecular flexibility index (Phi) is 7.00. The molecule has 0 amide bonds. The highest BCUT2D eigenvalue weighted by Crippen LogP contribution is 2.24. The van der Waals surface area contributed by atoms with Crippen molar-refractivity contribution in [3.8, 4) is 5.75 Å². The van der Waals surface area contributed by atoms with Crippen molar-refractivity contribution in [1.29, 1.82) is 0 Å². The molecule has 1 aromatic carbocycles. The molecule has 0 spiro atoms. The third-order valence-electron chi connectivity index (χ3n) is 3.04. The Labute approximate surface area is 145 Å². The zero-order valence-corrected chi connectivity index (χ0v) is 15.0. The maximum atomic E-state index is 5.91. The quantitative estimate of drug-likeness (QED) is 0.570. The summed E-state index contributed by atoms with van der Waals surface area (Å²) in [6.07, 6.45) is 1.65. The van der Waals surface area contributed by atoms with Crippen LogP contribution in [0, 0.1) is 0 Å². The van der Waals surface area contributed by atoms with Gasteiger partial charge in [-0.15, -0.1) is 0 Å². The van der Waals surface area contributed by atoms with Crippen LogP contribution in [0.25, 0.3) is 0 Å². The van der Waals surface area contributed by atoms with Gasteiger partial charge in [-0.1, -0.05) is 12.1 Å². The van der Waals surface area contributed by atoms with E-state index in [2.05, 4.69) is 31.6 Å². The summed E-state index contributed by atoms with van der Waals surface area (Å²) in [6, 6.07) is 11.6. The molecule has 124 valence electrons. The molecule has 2 rings (SSSR count). The molecule has 0 aliphatic heterocycles. The van der Waals surface area contributed by atoms with Gasteiger partial charge in [0.05, 0.1) is 17.3 Å². The summed E-state index contributed by atoms with van der Waals surface area (Å²) in [7, 11) is 0. The van der Waals surface area contributed by atoms with Crippen LogP contribution in [0.4, 0.5) is 0 Å². The molecule has 2 aromatic rings. The van der Waals surface area contributed by atoms with Crippen LogP contribution in [0.5, 0.6) is 5.75 Å². The molecule has 1 atom stereocenters.